The number of carbonyl (C=O) groups is 2. The van der Waals surface area contributed by atoms with E-state index in [2.05, 4.69) is 5.32 Å². The van der Waals surface area contributed by atoms with Crippen molar-refractivity contribution in [2.24, 2.45) is 0 Å². The molecule has 1 saturated heterocycles. The van der Waals surface area contributed by atoms with Crippen LogP contribution in [0.25, 0.3) is 0 Å². The molecule has 0 aliphatic carbocycles. The molecule has 0 aromatic heterocycles. The topological polar surface area (TPSA) is 49.4 Å². The van der Waals surface area contributed by atoms with Crippen molar-refractivity contribution in [3.8, 4) is 0 Å². The standard InChI is InChI=1S/C14H18N2O2/c1-9-5-7-11(8-6-9)16-10(2)12(17)15-14(3,4)13(16)18/h5-8,10H,1-4H3,(H,15,17). The maximum Gasteiger partial charge on any atom is 0.252 e. The average molecular weight is 246 g/mol. The molecule has 1 aliphatic rings. The minimum absolute atomic E-state index is 0.0848. The van der Waals surface area contributed by atoms with E-state index in [9.17, 15) is 9.59 Å². The number of amides is 2. The smallest absolute Gasteiger partial charge is 0.252 e. The lowest BCUT2D eigenvalue weighted by Crippen LogP contribution is -2.67. The van der Waals surface area contributed by atoms with Gasteiger partial charge in [-0.2, -0.15) is 0 Å². The molecule has 0 spiro atoms. The summed E-state index contributed by atoms with van der Waals surface area (Å²) in [5, 5.41) is 2.74. The highest BCUT2D eigenvalue weighted by molar-refractivity contribution is 6.10. The van der Waals surface area contributed by atoms with Gasteiger partial charge in [0.05, 0.1) is 0 Å². The van der Waals surface area contributed by atoms with Crippen molar-refractivity contribution in [1.29, 1.82) is 0 Å². The quantitative estimate of drug-likeness (QED) is 0.818. The third-order valence-electron chi connectivity index (χ3n) is 3.27. The number of benzene rings is 1. The molecule has 0 saturated carbocycles. The molecule has 0 radical (unpaired) electrons. The molecule has 18 heavy (non-hydrogen) atoms. The van der Waals surface area contributed by atoms with Gasteiger partial charge in [0.15, 0.2) is 0 Å². The Balaban J connectivity index is 2.43. The summed E-state index contributed by atoms with van der Waals surface area (Å²) >= 11 is 0. The van der Waals surface area contributed by atoms with Crippen LogP contribution in [0.2, 0.25) is 0 Å². The summed E-state index contributed by atoms with van der Waals surface area (Å²) in [5.41, 5.74) is 1.04. The lowest BCUT2D eigenvalue weighted by atomic mass is 9.96. The van der Waals surface area contributed by atoms with Crippen LogP contribution in [-0.4, -0.2) is 23.4 Å². The second kappa shape index (κ2) is 4.12. The molecule has 4 nitrogen and oxygen atoms in total. The number of aryl methyl sites for hydroxylation is 1. The van der Waals surface area contributed by atoms with E-state index in [-0.39, 0.29) is 11.8 Å². The van der Waals surface area contributed by atoms with Crippen molar-refractivity contribution in [1.82, 2.24) is 5.32 Å². The van der Waals surface area contributed by atoms with E-state index in [1.807, 2.05) is 31.2 Å². The lowest BCUT2D eigenvalue weighted by Gasteiger charge is -2.41. The minimum atomic E-state index is -0.853. The first-order chi connectivity index (χ1) is 8.33. The molecule has 4 heteroatoms. The van der Waals surface area contributed by atoms with Crippen LogP contribution in [0.15, 0.2) is 24.3 Å². The maximum atomic E-state index is 12.4. The number of nitrogens with zero attached hydrogens (tertiary/aromatic N) is 1. The fourth-order valence-electron chi connectivity index (χ4n) is 2.11. The van der Waals surface area contributed by atoms with Crippen molar-refractivity contribution in [3.63, 3.8) is 0 Å². The zero-order valence-corrected chi connectivity index (χ0v) is 11.2. The summed E-state index contributed by atoms with van der Waals surface area (Å²) in [6.07, 6.45) is 0. The third-order valence-corrected chi connectivity index (χ3v) is 3.27. The number of rotatable bonds is 1. The van der Waals surface area contributed by atoms with Crippen molar-refractivity contribution in [3.05, 3.63) is 29.8 Å². The normalized spacial score (nSPS) is 22.9. The maximum absolute atomic E-state index is 12.4. The molecule has 1 fully saturated rings. The van der Waals surface area contributed by atoms with Crippen molar-refractivity contribution >= 4 is 17.5 Å². The molecule has 1 aromatic carbocycles. The molecule has 1 atom stereocenters. The van der Waals surface area contributed by atoms with Crippen LogP contribution in [0.3, 0.4) is 0 Å². The zero-order chi connectivity index (χ0) is 13.5. The molecule has 2 rings (SSSR count). The molecule has 1 heterocycles. The molecular weight excluding hydrogens is 228 g/mol. The van der Waals surface area contributed by atoms with Gasteiger partial charge < -0.3 is 5.32 Å². The molecule has 96 valence electrons. The molecule has 1 aliphatic heterocycles. The van der Waals surface area contributed by atoms with Gasteiger partial charge in [0.25, 0.3) is 5.91 Å². The first-order valence-electron chi connectivity index (χ1n) is 6.05. The van der Waals surface area contributed by atoms with Gasteiger partial charge in [0, 0.05) is 5.69 Å². The summed E-state index contributed by atoms with van der Waals surface area (Å²) in [5.74, 6) is -0.210. The number of piperazine rings is 1. The van der Waals surface area contributed by atoms with Crippen molar-refractivity contribution < 1.29 is 9.59 Å². The minimum Gasteiger partial charge on any atom is -0.340 e. The lowest BCUT2D eigenvalue weighted by molar-refractivity contribution is -0.136. The Bertz CT molecular complexity index is 491. The zero-order valence-electron chi connectivity index (χ0n) is 11.2. The Hall–Kier alpha value is -1.84. The molecule has 1 N–H and O–H groups in total. The van der Waals surface area contributed by atoms with Crippen LogP contribution < -0.4 is 10.2 Å². The van der Waals surface area contributed by atoms with E-state index in [1.165, 1.54) is 0 Å². The number of hydrogen-bond acceptors (Lipinski definition) is 2. The van der Waals surface area contributed by atoms with E-state index >= 15 is 0 Å². The Kier molecular flexibility index (Phi) is 2.89. The van der Waals surface area contributed by atoms with Gasteiger partial charge in [-0.15, -0.1) is 0 Å². The number of anilines is 1. The van der Waals surface area contributed by atoms with E-state index < -0.39 is 11.6 Å². The third kappa shape index (κ3) is 1.98. The van der Waals surface area contributed by atoms with Crippen molar-refractivity contribution in [2.75, 3.05) is 4.90 Å². The van der Waals surface area contributed by atoms with E-state index in [1.54, 1.807) is 25.7 Å². The van der Waals surface area contributed by atoms with Gasteiger partial charge in [-0.1, -0.05) is 17.7 Å². The predicted octanol–water partition coefficient (Wildman–Crippen LogP) is 1.62. The summed E-state index contributed by atoms with van der Waals surface area (Å²) < 4.78 is 0. The molecule has 0 bridgehead atoms. The highest BCUT2D eigenvalue weighted by Crippen LogP contribution is 2.25. The number of nitrogens with one attached hydrogen (secondary N) is 1. The fourth-order valence-corrected chi connectivity index (χ4v) is 2.11. The number of hydrogen-bond donors (Lipinski definition) is 1. The first kappa shape index (κ1) is 12.6. The number of carbonyl (C=O) groups excluding carboxylic acids is 2. The van der Waals surface area contributed by atoms with Crippen LogP contribution in [0.4, 0.5) is 5.69 Å². The van der Waals surface area contributed by atoms with Crippen LogP contribution in [-0.2, 0) is 9.59 Å². The second-order valence-electron chi connectivity index (χ2n) is 5.30. The van der Waals surface area contributed by atoms with Gasteiger partial charge in [0.2, 0.25) is 5.91 Å². The van der Waals surface area contributed by atoms with Crippen LogP contribution in [0.5, 0.6) is 0 Å². The SMILES string of the molecule is Cc1ccc(N2C(=O)C(C)(C)NC(=O)C2C)cc1. The van der Waals surface area contributed by atoms with Gasteiger partial charge >= 0.3 is 0 Å². The van der Waals surface area contributed by atoms with Gasteiger partial charge in [-0.05, 0) is 39.8 Å². The molecular formula is C14H18N2O2. The Morgan fingerprint density at radius 3 is 2.28 bits per heavy atom. The summed E-state index contributed by atoms with van der Waals surface area (Å²) in [7, 11) is 0. The predicted molar refractivity (Wildman–Crippen MR) is 70.3 cm³/mol. The van der Waals surface area contributed by atoms with E-state index in [0.29, 0.717) is 0 Å². The van der Waals surface area contributed by atoms with Gasteiger partial charge in [-0.25, -0.2) is 0 Å². The Morgan fingerprint density at radius 2 is 1.72 bits per heavy atom. The van der Waals surface area contributed by atoms with Crippen LogP contribution in [0.1, 0.15) is 26.3 Å². The summed E-state index contributed by atoms with van der Waals surface area (Å²) in [4.78, 5) is 25.9. The largest absolute Gasteiger partial charge is 0.340 e. The van der Waals surface area contributed by atoms with Crippen LogP contribution in [0, 0.1) is 6.92 Å². The second-order valence-corrected chi connectivity index (χ2v) is 5.30. The Morgan fingerprint density at radius 1 is 1.17 bits per heavy atom. The summed E-state index contributed by atoms with van der Waals surface area (Å²) in [6.45, 7) is 7.17. The average Bonchev–Trinajstić information content (AvgIpc) is 2.29. The van der Waals surface area contributed by atoms with Gasteiger partial charge in [0.1, 0.15) is 11.6 Å². The van der Waals surface area contributed by atoms with E-state index in [0.717, 1.165) is 11.3 Å². The fraction of sp³-hybridized carbons (Fsp3) is 0.429. The molecule has 1 aromatic rings. The summed E-state index contributed by atoms with van der Waals surface area (Å²) in [6, 6.07) is 7.15. The van der Waals surface area contributed by atoms with Crippen LogP contribution >= 0.6 is 0 Å². The highest BCUT2D eigenvalue weighted by Gasteiger charge is 2.43. The Labute approximate surface area is 107 Å². The van der Waals surface area contributed by atoms with Gasteiger partial charge in [-0.3, -0.25) is 14.5 Å². The monoisotopic (exact) mass is 246 g/mol. The highest BCUT2D eigenvalue weighted by atomic mass is 16.2. The van der Waals surface area contributed by atoms with Crippen molar-refractivity contribution in [2.45, 2.75) is 39.3 Å². The molecule has 2 amide bonds. The van der Waals surface area contributed by atoms with E-state index in [4.69, 9.17) is 0 Å². The first-order valence-corrected chi connectivity index (χ1v) is 6.05. The molecule has 1 unspecified atom stereocenters.